The number of nitrogens with zero attached hydrogens (tertiary/aromatic N) is 4. The first kappa shape index (κ1) is 20.8. The molecule has 0 spiro atoms. The van der Waals surface area contributed by atoms with Gasteiger partial charge in [-0.1, -0.05) is 12.2 Å². The van der Waals surface area contributed by atoms with Gasteiger partial charge in [0, 0.05) is 61.0 Å². The zero-order valence-corrected chi connectivity index (χ0v) is 16.6. The summed E-state index contributed by atoms with van der Waals surface area (Å²) in [5, 5.41) is 18.9. The molecule has 1 aliphatic rings. The lowest BCUT2D eigenvalue weighted by Gasteiger charge is -2.26. The molecule has 4 rings (SSSR count). The molecule has 0 amide bonds. The number of morpholine rings is 1. The average Bonchev–Trinajstić information content (AvgIpc) is 3.31. The van der Waals surface area contributed by atoms with Gasteiger partial charge in [0.1, 0.15) is 17.3 Å². The number of pyridine rings is 1. The number of ether oxygens (including phenoxy) is 1. The van der Waals surface area contributed by atoms with Gasteiger partial charge in [-0.2, -0.15) is 5.10 Å². The molecule has 9 heteroatoms. The third-order valence-electron chi connectivity index (χ3n) is 4.91. The van der Waals surface area contributed by atoms with Crippen LogP contribution in [0.15, 0.2) is 54.1 Å². The van der Waals surface area contributed by atoms with E-state index in [0.717, 1.165) is 23.3 Å². The molecule has 0 bridgehead atoms. The molecule has 160 valence electrons. The maximum absolute atomic E-state index is 14.5. The lowest BCUT2D eigenvalue weighted by Crippen LogP contribution is -2.35. The van der Waals surface area contributed by atoms with Crippen LogP contribution in [-0.2, 0) is 11.3 Å². The Kier molecular flexibility index (Phi) is 6.44. The molecule has 1 aromatic carbocycles. The van der Waals surface area contributed by atoms with Crippen LogP contribution < -0.4 is 5.11 Å². The average molecular weight is 424 g/mol. The molecule has 7 nitrogen and oxygen atoms in total. The Bertz CT molecular complexity index is 1090. The Hall–Kier alpha value is -3.43. The number of halogens is 2. The highest BCUT2D eigenvalue weighted by Crippen LogP contribution is 2.25. The molecule has 0 unspecified atom stereocenters. The number of aliphatic imine (C=N–C) groups is 1. The predicted octanol–water partition coefficient (Wildman–Crippen LogP) is 2.69. The number of aromatic nitrogens is 3. The van der Waals surface area contributed by atoms with Gasteiger partial charge >= 0.3 is 0 Å². The van der Waals surface area contributed by atoms with E-state index < -0.39 is 17.5 Å². The molecule has 1 fully saturated rings. The molecule has 2 aromatic heterocycles. The van der Waals surface area contributed by atoms with Gasteiger partial charge in [0.15, 0.2) is 0 Å². The van der Waals surface area contributed by atoms with Crippen LogP contribution in [-0.4, -0.2) is 52.3 Å². The Labute approximate surface area is 177 Å². The van der Waals surface area contributed by atoms with Crippen LogP contribution in [0.1, 0.15) is 11.1 Å². The largest absolute Gasteiger partial charge is 0.859 e. The second-order valence-electron chi connectivity index (χ2n) is 7.02. The molecule has 1 aliphatic heterocycles. The number of nitrogens with one attached hydrogen (secondary N) is 1. The van der Waals surface area contributed by atoms with Gasteiger partial charge in [0.05, 0.1) is 19.4 Å². The number of benzene rings is 1. The van der Waals surface area contributed by atoms with Crippen LogP contribution in [0.5, 0.6) is 0 Å². The number of H-pyrrole nitrogens is 1. The minimum atomic E-state index is -0.744. The Morgan fingerprint density at radius 1 is 1.23 bits per heavy atom. The van der Waals surface area contributed by atoms with Crippen molar-refractivity contribution in [2.24, 2.45) is 4.99 Å². The topological polar surface area (TPSA) is 89.5 Å². The molecule has 3 aromatic rings. The normalized spacial score (nSPS) is 15.6. The molecule has 3 heterocycles. The predicted molar refractivity (Wildman–Crippen MR) is 110 cm³/mol. The standard InChI is InChI=1S/C22H21F2N5O2/c23-19-10-21(20(24)9-16(19)14-29-5-7-31-8-6-29)28-22(30)2-1-15-11-25-4-3-18(15)17-12-26-27-13-17/h1-4,9-13H,5-8,14H2,(H,26,27)(H,28,30)/p-1/b2-1+. The number of hydrogen-bond acceptors (Lipinski definition) is 6. The first-order valence-corrected chi connectivity index (χ1v) is 9.75. The summed E-state index contributed by atoms with van der Waals surface area (Å²) in [5.41, 5.74) is 2.20. The molecule has 31 heavy (non-hydrogen) atoms. The van der Waals surface area contributed by atoms with Gasteiger partial charge in [-0.3, -0.25) is 20.0 Å². The third-order valence-corrected chi connectivity index (χ3v) is 4.91. The van der Waals surface area contributed by atoms with E-state index in [1.54, 1.807) is 30.9 Å². The van der Waals surface area contributed by atoms with Gasteiger partial charge in [0.2, 0.25) is 0 Å². The van der Waals surface area contributed by atoms with Gasteiger partial charge in [-0.05, 0) is 23.6 Å². The third kappa shape index (κ3) is 5.19. The summed E-state index contributed by atoms with van der Waals surface area (Å²) in [6.45, 7) is 2.73. The van der Waals surface area contributed by atoms with Crippen molar-refractivity contribution in [3.63, 3.8) is 0 Å². The molecule has 0 radical (unpaired) electrons. The fourth-order valence-corrected chi connectivity index (χ4v) is 3.30. The van der Waals surface area contributed by atoms with Crippen LogP contribution in [0, 0.1) is 11.6 Å². The van der Waals surface area contributed by atoms with E-state index in [0.29, 0.717) is 31.9 Å². The molecule has 0 saturated carbocycles. The van der Waals surface area contributed by atoms with E-state index in [1.165, 1.54) is 12.2 Å². The minimum absolute atomic E-state index is 0.224. The monoisotopic (exact) mass is 424 g/mol. The van der Waals surface area contributed by atoms with E-state index >= 15 is 0 Å². The summed E-state index contributed by atoms with van der Waals surface area (Å²) in [4.78, 5) is 9.74. The number of hydrogen-bond donors (Lipinski definition) is 1. The van der Waals surface area contributed by atoms with Crippen molar-refractivity contribution < 1.29 is 18.6 Å². The van der Waals surface area contributed by atoms with Crippen LogP contribution in [0.3, 0.4) is 0 Å². The second kappa shape index (κ2) is 9.59. The maximum atomic E-state index is 14.5. The van der Waals surface area contributed by atoms with Crippen molar-refractivity contribution in [1.82, 2.24) is 20.1 Å². The van der Waals surface area contributed by atoms with Crippen molar-refractivity contribution in [2.75, 3.05) is 26.3 Å². The molecule has 0 aliphatic carbocycles. The van der Waals surface area contributed by atoms with E-state index in [9.17, 15) is 13.9 Å². The second-order valence-corrected chi connectivity index (χ2v) is 7.02. The quantitative estimate of drug-likeness (QED) is 0.486. The summed E-state index contributed by atoms with van der Waals surface area (Å²) >= 11 is 0. The number of rotatable bonds is 6. The summed E-state index contributed by atoms with van der Waals surface area (Å²) in [5.74, 6) is -2.05. The van der Waals surface area contributed by atoms with Crippen molar-refractivity contribution in [3.8, 4) is 11.1 Å². The summed E-state index contributed by atoms with van der Waals surface area (Å²) < 4.78 is 34.2. The van der Waals surface area contributed by atoms with Crippen LogP contribution in [0.2, 0.25) is 0 Å². The fourth-order valence-electron chi connectivity index (χ4n) is 3.30. The van der Waals surface area contributed by atoms with Gasteiger partial charge < -0.3 is 9.84 Å². The van der Waals surface area contributed by atoms with E-state index in [4.69, 9.17) is 4.74 Å². The molecule has 0 atom stereocenters. The van der Waals surface area contributed by atoms with Crippen molar-refractivity contribution in [2.45, 2.75) is 6.54 Å². The SMILES string of the molecule is [O-]C(/C=C/c1cnccc1-c1cn[nH]c1)=Nc1cc(F)c(CN2CCOCC2)cc1F. The highest BCUT2D eigenvalue weighted by atomic mass is 19.1. The molecule has 1 N–H and O–H groups in total. The van der Waals surface area contributed by atoms with Gasteiger partial charge in [-0.25, -0.2) is 8.78 Å². The van der Waals surface area contributed by atoms with Crippen LogP contribution >= 0.6 is 0 Å². The summed E-state index contributed by atoms with van der Waals surface area (Å²) in [7, 11) is 0. The Balaban J connectivity index is 1.52. The highest BCUT2D eigenvalue weighted by Gasteiger charge is 2.15. The zero-order valence-electron chi connectivity index (χ0n) is 16.6. The minimum Gasteiger partial charge on any atom is -0.859 e. The van der Waals surface area contributed by atoms with Gasteiger partial charge in [0.25, 0.3) is 0 Å². The summed E-state index contributed by atoms with van der Waals surface area (Å²) in [6.07, 6.45) is 9.31. The highest BCUT2D eigenvalue weighted by molar-refractivity contribution is 5.91. The van der Waals surface area contributed by atoms with E-state index in [2.05, 4.69) is 20.2 Å². The molecular formula is C22H20F2N5O2-. The summed E-state index contributed by atoms with van der Waals surface area (Å²) in [6, 6.07) is 3.84. The van der Waals surface area contributed by atoms with Crippen molar-refractivity contribution >= 4 is 17.7 Å². The molecule has 1 saturated heterocycles. The van der Waals surface area contributed by atoms with Gasteiger partial charge in [-0.15, -0.1) is 0 Å². The first-order chi connectivity index (χ1) is 15.1. The lowest BCUT2D eigenvalue weighted by molar-refractivity contribution is -0.211. The maximum Gasteiger partial charge on any atom is 0.149 e. The smallest absolute Gasteiger partial charge is 0.149 e. The fraction of sp³-hybridized carbons (Fsp3) is 0.227. The van der Waals surface area contributed by atoms with E-state index in [-0.39, 0.29) is 17.8 Å². The van der Waals surface area contributed by atoms with Crippen molar-refractivity contribution in [1.29, 1.82) is 0 Å². The molecular weight excluding hydrogens is 404 g/mol. The number of aromatic amines is 1. The Morgan fingerprint density at radius 2 is 2.06 bits per heavy atom. The van der Waals surface area contributed by atoms with Crippen molar-refractivity contribution in [3.05, 3.63) is 71.8 Å². The van der Waals surface area contributed by atoms with Crippen LogP contribution in [0.25, 0.3) is 17.2 Å². The first-order valence-electron chi connectivity index (χ1n) is 9.75. The van der Waals surface area contributed by atoms with E-state index in [1.807, 2.05) is 4.90 Å². The lowest BCUT2D eigenvalue weighted by atomic mass is 10.1. The van der Waals surface area contributed by atoms with Crippen LogP contribution in [0.4, 0.5) is 14.5 Å². The Morgan fingerprint density at radius 3 is 2.84 bits per heavy atom. The zero-order chi connectivity index (χ0) is 21.6.